The first-order valence-corrected chi connectivity index (χ1v) is 8.00. The van der Waals surface area contributed by atoms with Crippen molar-refractivity contribution < 1.29 is 9.21 Å². The van der Waals surface area contributed by atoms with Gasteiger partial charge in [-0.05, 0) is 48.4 Å². The van der Waals surface area contributed by atoms with E-state index in [4.69, 9.17) is 4.42 Å². The summed E-state index contributed by atoms with van der Waals surface area (Å²) >= 11 is 3.36. The Bertz CT molecular complexity index is 929. The third-order valence-electron chi connectivity index (χ3n) is 3.56. The van der Waals surface area contributed by atoms with Gasteiger partial charge in [0.15, 0.2) is 0 Å². The molecule has 0 radical (unpaired) electrons. The summed E-state index contributed by atoms with van der Waals surface area (Å²) in [6, 6.07) is 14.3. The molecule has 0 unspecified atom stereocenters. The molecule has 0 bridgehead atoms. The Morgan fingerprint density at radius 1 is 1.13 bits per heavy atom. The van der Waals surface area contributed by atoms with E-state index < -0.39 is 11.5 Å². The van der Waals surface area contributed by atoms with E-state index in [9.17, 15) is 9.59 Å². The van der Waals surface area contributed by atoms with Crippen LogP contribution in [0.15, 0.2) is 62.2 Å². The number of anilines is 1. The number of carbonyl (C=O) groups excluding carboxylic acids is 1. The lowest BCUT2D eigenvalue weighted by molar-refractivity contribution is 0.102. The van der Waals surface area contributed by atoms with Crippen LogP contribution in [0.2, 0.25) is 0 Å². The van der Waals surface area contributed by atoms with Crippen LogP contribution >= 0.6 is 15.9 Å². The number of hydrogen-bond acceptors (Lipinski definition) is 3. The van der Waals surface area contributed by atoms with Gasteiger partial charge in [0.2, 0.25) is 0 Å². The van der Waals surface area contributed by atoms with Crippen molar-refractivity contribution in [1.29, 1.82) is 0 Å². The van der Waals surface area contributed by atoms with Crippen molar-refractivity contribution in [3.63, 3.8) is 0 Å². The average Bonchev–Trinajstić information content (AvgIpc) is 2.55. The van der Waals surface area contributed by atoms with E-state index in [-0.39, 0.29) is 5.56 Å². The summed E-state index contributed by atoms with van der Waals surface area (Å²) in [6.07, 6.45) is 0.928. The molecule has 1 aromatic heterocycles. The summed E-state index contributed by atoms with van der Waals surface area (Å²) in [7, 11) is 0. The molecule has 1 heterocycles. The molecule has 0 aliphatic carbocycles. The van der Waals surface area contributed by atoms with Gasteiger partial charge in [0.1, 0.15) is 11.1 Å². The van der Waals surface area contributed by atoms with Crippen LogP contribution < -0.4 is 10.9 Å². The zero-order chi connectivity index (χ0) is 16.4. The fourth-order valence-electron chi connectivity index (χ4n) is 2.27. The standard InChI is InChI=1S/C18H14BrNO3/c1-2-11-3-6-14(7-4-11)20-17(21)15-10-12-9-13(19)5-8-16(12)23-18(15)22/h3-10H,2H2,1H3,(H,20,21). The number of halogens is 1. The Kier molecular flexibility index (Phi) is 4.30. The maximum absolute atomic E-state index is 12.3. The summed E-state index contributed by atoms with van der Waals surface area (Å²) in [5.74, 6) is -0.482. The highest BCUT2D eigenvalue weighted by atomic mass is 79.9. The molecule has 116 valence electrons. The van der Waals surface area contributed by atoms with Gasteiger partial charge in [0.25, 0.3) is 5.91 Å². The molecule has 0 atom stereocenters. The number of aryl methyl sites for hydroxylation is 1. The minimum Gasteiger partial charge on any atom is -0.422 e. The molecule has 5 heteroatoms. The predicted octanol–water partition coefficient (Wildman–Crippen LogP) is 4.37. The van der Waals surface area contributed by atoms with Crippen LogP contribution in [0.1, 0.15) is 22.8 Å². The molecule has 0 aliphatic heterocycles. The van der Waals surface area contributed by atoms with Crippen LogP contribution in [-0.2, 0) is 6.42 Å². The van der Waals surface area contributed by atoms with Crippen molar-refractivity contribution in [1.82, 2.24) is 0 Å². The minimum atomic E-state index is -0.650. The molecule has 1 N–H and O–H groups in total. The fourth-order valence-corrected chi connectivity index (χ4v) is 2.65. The van der Waals surface area contributed by atoms with Crippen molar-refractivity contribution >= 4 is 38.5 Å². The molecule has 1 amide bonds. The summed E-state index contributed by atoms with van der Waals surface area (Å²) < 4.78 is 6.05. The molecule has 3 aromatic rings. The highest BCUT2D eigenvalue weighted by Crippen LogP contribution is 2.20. The first kappa shape index (κ1) is 15.5. The van der Waals surface area contributed by atoms with E-state index in [1.165, 1.54) is 5.56 Å². The number of carbonyl (C=O) groups is 1. The monoisotopic (exact) mass is 371 g/mol. The van der Waals surface area contributed by atoms with Gasteiger partial charge in [-0.25, -0.2) is 4.79 Å². The van der Waals surface area contributed by atoms with Crippen LogP contribution in [0.3, 0.4) is 0 Å². The Labute approximate surface area is 141 Å². The highest BCUT2D eigenvalue weighted by Gasteiger charge is 2.14. The fraction of sp³-hybridized carbons (Fsp3) is 0.111. The molecule has 0 aliphatic rings. The number of amides is 1. The Hall–Kier alpha value is -2.40. The van der Waals surface area contributed by atoms with E-state index in [1.54, 1.807) is 24.3 Å². The van der Waals surface area contributed by atoms with Gasteiger partial charge in [-0.15, -0.1) is 0 Å². The Morgan fingerprint density at radius 2 is 1.87 bits per heavy atom. The SMILES string of the molecule is CCc1ccc(NC(=O)c2cc3cc(Br)ccc3oc2=O)cc1. The van der Waals surface area contributed by atoms with Crippen molar-refractivity contribution in [2.24, 2.45) is 0 Å². The summed E-state index contributed by atoms with van der Waals surface area (Å²) in [4.78, 5) is 24.3. The number of rotatable bonds is 3. The maximum Gasteiger partial charge on any atom is 0.349 e. The third kappa shape index (κ3) is 3.35. The zero-order valence-electron chi connectivity index (χ0n) is 12.4. The average molecular weight is 372 g/mol. The molecule has 2 aromatic carbocycles. The minimum absolute atomic E-state index is 0.0184. The topological polar surface area (TPSA) is 59.3 Å². The van der Waals surface area contributed by atoms with Gasteiger partial charge in [0, 0.05) is 15.5 Å². The predicted molar refractivity (Wildman–Crippen MR) is 94.0 cm³/mol. The lowest BCUT2D eigenvalue weighted by Crippen LogP contribution is -2.20. The molecule has 3 rings (SSSR count). The van der Waals surface area contributed by atoms with E-state index in [0.29, 0.717) is 16.7 Å². The zero-order valence-corrected chi connectivity index (χ0v) is 14.0. The number of fused-ring (bicyclic) bond motifs is 1. The Morgan fingerprint density at radius 3 is 2.57 bits per heavy atom. The molecular formula is C18H14BrNO3. The van der Waals surface area contributed by atoms with Crippen LogP contribution in [-0.4, -0.2) is 5.91 Å². The van der Waals surface area contributed by atoms with Gasteiger partial charge in [-0.3, -0.25) is 4.79 Å². The largest absolute Gasteiger partial charge is 0.422 e. The highest BCUT2D eigenvalue weighted by molar-refractivity contribution is 9.10. The lowest BCUT2D eigenvalue weighted by Gasteiger charge is -2.06. The van der Waals surface area contributed by atoms with Crippen LogP contribution in [0.5, 0.6) is 0 Å². The first-order chi connectivity index (χ1) is 11.1. The number of hydrogen-bond donors (Lipinski definition) is 1. The molecule has 0 saturated carbocycles. The van der Waals surface area contributed by atoms with E-state index >= 15 is 0 Å². The second kappa shape index (κ2) is 6.38. The normalized spacial score (nSPS) is 10.7. The summed E-state index contributed by atoms with van der Waals surface area (Å²) in [5.41, 5.74) is 1.60. The number of nitrogens with one attached hydrogen (secondary N) is 1. The number of benzene rings is 2. The van der Waals surface area contributed by atoms with Gasteiger partial charge < -0.3 is 9.73 Å². The summed E-state index contributed by atoms with van der Waals surface area (Å²) in [5, 5.41) is 3.40. The second-order valence-electron chi connectivity index (χ2n) is 5.13. The second-order valence-corrected chi connectivity index (χ2v) is 6.05. The van der Waals surface area contributed by atoms with Crippen molar-refractivity contribution in [2.75, 3.05) is 5.32 Å². The van der Waals surface area contributed by atoms with Crippen molar-refractivity contribution in [2.45, 2.75) is 13.3 Å². The van der Waals surface area contributed by atoms with Crippen LogP contribution in [0.4, 0.5) is 5.69 Å². The molecule has 0 spiro atoms. The third-order valence-corrected chi connectivity index (χ3v) is 4.05. The molecule has 0 saturated heterocycles. The van der Waals surface area contributed by atoms with Gasteiger partial charge in [0.05, 0.1) is 0 Å². The quantitative estimate of drug-likeness (QED) is 0.695. The van der Waals surface area contributed by atoms with Crippen LogP contribution in [0.25, 0.3) is 11.0 Å². The smallest absolute Gasteiger partial charge is 0.349 e. The van der Waals surface area contributed by atoms with Gasteiger partial charge >= 0.3 is 5.63 Å². The van der Waals surface area contributed by atoms with Gasteiger partial charge in [-0.2, -0.15) is 0 Å². The first-order valence-electron chi connectivity index (χ1n) is 7.20. The molecule has 0 fully saturated rings. The molecule has 4 nitrogen and oxygen atoms in total. The molecular weight excluding hydrogens is 358 g/mol. The van der Waals surface area contributed by atoms with Crippen LogP contribution in [0, 0.1) is 0 Å². The van der Waals surface area contributed by atoms with E-state index in [1.807, 2.05) is 24.3 Å². The Balaban J connectivity index is 1.93. The van der Waals surface area contributed by atoms with Crippen molar-refractivity contribution in [3.8, 4) is 0 Å². The van der Waals surface area contributed by atoms with Crippen molar-refractivity contribution in [3.05, 3.63) is 74.6 Å². The molecule has 23 heavy (non-hydrogen) atoms. The lowest BCUT2D eigenvalue weighted by atomic mass is 10.1. The summed E-state index contributed by atoms with van der Waals surface area (Å²) in [6.45, 7) is 2.06. The van der Waals surface area contributed by atoms with Gasteiger partial charge in [-0.1, -0.05) is 35.0 Å². The van der Waals surface area contributed by atoms with E-state index in [2.05, 4.69) is 28.2 Å². The maximum atomic E-state index is 12.3. The van der Waals surface area contributed by atoms with E-state index in [0.717, 1.165) is 10.9 Å².